The Bertz CT molecular complexity index is 228. The lowest BCUT2D eigenvalue weighted by atomic mass is 10.0. The first kappa shape index (κ1) is 19.5. The molecule has 18 heavy (non-hydrogen) atoms. The smallest absolute Gasteiger partial charge is 0.220 e. The molecule has 1 heterocycles. The maximum Gasteiger partial charge on any atom is 0.220 e. The third-order valence-corrected chi connectivity index (χ3v) is 2.13. The van der Waals surface area contributed by atoms with Crippen LogP contribution in [0.1, 0.15) is 68.2 Å². The van der Waals surface area contributed by atoms with Crippen molar-refractivity contribution in [3.8, 4) is 0 Å². The van der Waals surface area contributed by atoms with E-state index in [9.17, 15) is 9.59 Å². The van der Waals surface area contributed by atoms with Crippen molar-refractivity contribution in [2.75, 3.05) is 6.54 Å². The zero-order chi connectivity index (χ0) is 14.9. The molecule has 0 spiro atoms. The summed E-state index contributed by atoms with van der Waals surface area (Å²) >= 11 is 0. The Balaban J connectivity index is 0. The lowest BCUT2D eigenvalue weighted by molar-refractivity contribution is -0.135. The van der Waals surface area contributed by atoms with E-state index >= 15 is 0 Å². The summed E-state index contributed by atoms with van der Waals surface area (Å²) in [5.41, 5.74) is 0.500. The second kappa shape index (κ2) is 9.12. The zero-order valence-corrected chi connectivity index (χ0v) is 13.5. The standard InChI is InChI=1S/C8H13NO2.C5H12.C2H6/c1-6(10)8-4-3-5-9(8)7(2)11;1-5(2,3)4;1-2/h8H,3-5H2,1-2H3;1-4H3;1-2H3. The second-order valence-electron chi connectivity index (χ2n) is 5.98. The molecule has 1 unspecified atom stereocenters. The van der Waals surface area contributed by atoms with Crippen molar-refractivity contribution in [2.45, 2.75) is 74.3 Å². The number of amides is 1. The quantitative estimate of drug-likeness (QED) is 0.719. The summed E-state index contributed by atoms with van der Waals surface area (Å²) in [6.07, 6.45) is 1.80. The summed E-state index contributed by atoms with van der Waals surface area (Å²) in [6.45, 7) is 16.6. The van der Waals surface area contributed by atoms with Gasteiger partial charge < -0.3 is 4.90 Å². The number of ketones is 1. The minimum atomic E-state index is -0.132. The van der Waals surface area contributed by atoms with E-state index in [-0.39, 0.29) is 17.7 Å². The van der Waals surface area contributed by atoms with Crippen LogP contribution in [-0.4, -0.2) is 29.2 Å². The number of likely N-dealkylation sites (tertiary alicyclic amines) is 1. The Morgan fingerprint density at radius 1 is 1.06 bits per heavy atom. The molecule has 1 amide bonds. The molecule has 1 fully saturated rings. The van der Waals surface area contributed by atoms with Crippen molar-refractivity contribution in [1.82, 2.24) is 4.90 Å². The van der Waals surface area contributed by atoms with Crippen LogP contribution in [0, 0.1) is 5.41 Å². The highest BCUT2D eigenvalue weighted by molar-refractivity contribution is 5.87. The summed E-state index contributed by atoms with van der Waals surface area (Å²) in [5, 5.41) is 0. The molecular weight excluding hydrogens is 226 g/mol. The largest absolute Gasteiger partial charge is 0.333 e. The Labute approximate surface area is 113 Å². The van der Waals surface area contributed by atoms with Crippen molar-refractivity contribution in [2.24, 2.45) is 5.41 Å². The summed E-state index contributed by atoms with van der Waals surface area (Å²) in [6, 6.07) is -0.132. The number of Topliss-reactive ketones (excluding diaryl/α,β-unsaturated/α-hetero) is 1. The van der Waals surface area contributed by atoms with Crippen LogP contribution in [0.5, 0.6) is 0 Å². The molecule has 0 aromatic heterocycles. The number of carbonyl (C=O) groups is 2. The molecule has 1 aliphatic rings. The first-order valence-corrected chi connectivity index (χ1v) is 6.90. The number of rotatable bonds is 1. The molecule has 0 aromatic carbocycles. The Kier molecular flexibility index (Phi) is 9.87. The molecule has 0 bridgehead atoms. The number of carbonyl (C=O) groups excluding carboxylic acids is 2. The molecule has 0 aromatic rings. The minimum absolute atomic E-state index is 0.0164. The number of nitrogens with zero attached hydrogens (tertiary/aromatic N) is 1. The molecule has 0 aliphatic carbocycles. The molecule has 108 valence electrons. The van der Waals surface area contributed by atoms with E-state index in [0.29, 0.717) is 5.41 Å². The van der Waals surface area contributed by atoms with E-state index in [1.165, 1.54) is 6.92 Å². The van der Waals surface area contributed by atoms with Gasteiger partial charge in [-0.05, 0) is 25.2 Å². The van der Waals surface area contributed by atoms with Crippen LogP contribution in [0.25, 0.3) is 0 Å². The average Bonchev–Trinajstić information content (AvgIpc) is 2.66. The van der Waals surface area contributed by atoms with Gasteiger partial charge in [0.05, 0.1) is 6.04 Å². The van der Waals surface area contributed by atoms with E-state index < -0.39 is 0 Å². The predicted molar refractivity (Wildman–Crippen MR) is 77.6 cm³/mol. The molecule has 1 rings (SSSR count). The van der Waals surface area contributed by atoms with E-state index in [1.54, 1.807) is 11.8 Å². The van der Waals surface area contributed by atoms with Crippen LogP contribution < -0.4 is 0 Å². The molecule has 0 saturated carbocycles. The van der Waals surface area contributed by atoms with Gasteiger partial charge in [0, 0.05) is 13.5 Å². The summed E-state index contributed by atoms with van der Waals surface area (Å²) in [7, 11) is 0. The summed E-state index contributed by atoms with van der Waals surface area (Å²) in [4.78, 5) is 23.6. The van der Waals surface area contributed by atoms with Crippen LogP contribution in [-0.2, 0) is 9.59 Å². The van der Waals surface area contributed by atoms with Crippen molar-refractivity contribution in [3.05, 3.63) is 0 Å². The molecular formula is C15H31NO2. The van der Waals surface area contributed by atoms with Crippen molar-refractivity contribution < 1.29 is 9.59 Å². The van der Waals surface area contributed by atoms with Crippen molar-refractivity contribution in [1.29, 1.82) is 0 Å². The van der Waals surface area contributed by atoms with E-state index in [1.807, 2.05) is 13.8 Å². The van der Waals surface area contributed by atoms with Crippen LogP contribution in [0.3, 0.4) is 0 Å². The Hall–Kier alpha value is -0.860. The van der Waals surface area contributed by atoms with Gasteiger partial charge in [-0.1, -0.05) is 41.5 Å². The molecule has 0 radical (unpaired) electrons. The van der Waals surface area contributed by atoms with Gasteiger partial charge in [0.2, 0.25) is 5.91 Å². The number of hydrogen-bond acceptors (Lipinski definition) is 2. The van der Waals surface area contributed by atoms with Crippen LogP contribution in [0.15, 0.2) is 0 Å². The SMILES string of the molecule is CC.CC(=O)C1CCCN1C(C)=O.CC(C)(C)C. The highest BCUT2D eigenvalue weighted by Gasteiger charge is 2.29. The zero-order valence-electron chi connectivity index (χ0n) is 13.5. The van der Waals surface area contributed by atoms with Crippen LogP contribution >= 0.6 is 0 Å². The topological polar surface area (TPSA) is 37.4 Å². The van der Waals surface area contributed by atoms with Gasteiger partial charge in [0.1, 0.15) is 0 Å². The first-order chi connectivity index (χ1) is 8.13. The first-order valence-electron chi connectivity index (χ1n) is 6.90. The molecule has 1 atom stereocenters. The Morgan fingerprint density at radius 2 is 1.44 bits per heavy atom. The maximum absolute atomic E-state index is 11.0. The maximum atomic E-state index is 11.0. The molecule has 1 aliphatic heterocycles. The van der Waals surface area contributed by atoms with Crippen LogP contribution in [0.2, 0.25) is 0 Å². The van der Waals surface area contributed by atoms with Crippen LogP contribution in [0.4, 0.5) is 0 Å². The highest BCUT2D eigenvalue weighted by atomic mass is 16.2. The third kappa shape index (κ3) is 10.3. The average molecular weight is 257 g/mol. The molecule has 3 nitrogen and oxygen atoms in total. The molecule has 1 saturated heterocycles. The van der Waals surface area contributed by atoms with Gasteiger partial charge in [-0.15, -0.1) is 0 Å². The van der Waals surface area contributed by atoms with Gasteiger partial charge in [-0.3, -0.25) is 9.59 Å². The Morgan fingerprint density at radius 3 is 1.67 bits per heavy atom. The second-order valence-corrected chi connectivity index (χ2v) is 5.98. The monoisotopic (exact) mass is 257 g/mol. The summed E-state index contributed by atoms with van der Waals surface area (Å²) in [5.74, 6) is 0.125. The number of hydrogen-bond donors (Lipinski definition) is 0. The van der Waals surface area contributed by atoms with Crippen molar-refractivity contribution >= 4 is 11.7 Å². The molecule has 0 N–H and O–H groups in total. The fraction of sp³-hybridized carbons (Fsp3) is 0.867. The predicted octanol–water partition coefficient (Wildman–Crippen LogP) is 3.66. The fourth-order valence-electron chi connectivity index (χ4n) is 1.57. The van der Waals surface area contributed by atoms with Gasteiger partial charge in [-0.25, -0.2) is 0 Å². The van der Waals surface area contributed by atoms with Gasteiger partial charge in [-0.2, -0.15) is 0 Å². The molecule has 3 heteroatoms. The highest BCUT2D eigenvalue weighted by Crippen LogP contribution is 2.17. The van der Waals surface area contributed by atoms with Gasteiger partial charge in [0.25, 0.3) is 0 Å². The lowest BCUT2D eigenvalue weighted by Gasteiger charge is -2.20. The lowest BCUT2D eigenvalue weighted by Crippen LogP contribution is -2.37. The van der Waals surface area contributed by atoms with E-state index in [0.717, 1.165) is 19.4 Å². The van der Waals surface area contributed by atoms with Gasteiger partial charge in [0.15, 0.2) is 5.78 Å². The van der Waals surface area contributed by atoms with Gasteiger partial charge >= 0.3 is 0 Å². The van der Waals surface area contributed by atoms with E-state index in [4.69, 9.17) is 0 Å². The minimum Gasteiger partial charge on any atom is -0.333 e. The normalized spacial score (nSPS) is 18.2. The fourth-order valence-corrected chi connectivity index (χ4v) is 1.57. The van der Waals surface area contributed by atoms with E-state index in [2.05, 4.69) is 27.7 Å². The summed E-state index contributed by atoms with van der Waals surface area (Å²) < 4.78 is 0. The third-order valence-electron chi connectivity index (χ3n) is 2.13. The van der Waals surface area contributed by atoms with Crippen molar-refractivity contribution in [3.63, 3.8) is 0 Å².